The van der Waals surface area contributed by atoms with Crippen LogP contribution in [0.2, 0.25) is 5.02 Å². The fourth-order valence-electron chi connectivity index (χ4n) is 5.24. The molecule has 4 rings (SSSR count). The van der Waals surface area contributed by atoms with Crippen molar-refractivity contribution in [1.82, 2.24) is 14.2 Å². The number of halogens is 2. The van der Waals surface area contributed by atoms with E-state index >= 15 is 0 Å². The van der Waals surface area contributed by atoms with Crippen LogP contribution in [0.4, 0.5) is 0 Å². The van der Waals surface area contributed by atoms with E-state index in [4.69, 9.17) is 11.6 Å². The Labute approximate surface area is 225 Å². The number of aliphatic hydroxyl groups is 1. The molecule has 7 nitrogen and oxygen atoms in total. The number of aromatic nitrogens is 1. The quantitative estimate of drug-likeness (QED) is 0.562. The summed E-state index contributed by atoms with van der Waals surface area (Å²) in [5.41, 5.74) is 1.18. The molecule has 1 aromatic carbocycles. The topological polar surface area (TPSA) is 90.8 Å². The van der Waals surface area contributed by atoms with Crippen LogP contribution >= 0.6 is 24.0 Å². The van der Waals surface area contributed by atoms with Gasteiger partial charge in [-0.15, -0.1) is 12.4 Å². The standard InChI is InChI=1S/C26H34ClN3O4S.ClH/c1-19-17-24(20(2)16-23(19)27)35(33,34)30-13-4-3-7-22(30)8-9-25(31)29-14-10-26(32,11-15-29)21-6-5-12-28-18-21;/h5-6,12,16-18,22,32H,3-4,7-11,13-15H2,1-2H3;1H. The number of rotatable bonds is 6. The number of carbonyl (C=O) groups excluding carboxylic acids is 1. The summed E-state index contributed by atoms with van der Waals surface area (Å²) in [4.78, 5) is 19.2. The van der Waals surface area contributed by atoms with Crippen molar-refractivity contribution in [2.24, 2.45) is 0 Å². The van der Waals surface area contributed by atoms with E-state index in [2.05, 4.69) is 4.98 Å². The summed E-state index contributed by atoms with van der Waals surface area (Å²) in [6, 6.07) is 6.83. The van der Waals surface area contributed by atoms with Crippen molar-refractivity contribution in [2.75, 3.05) is 19.6 Å². The Balaban J connectivity index is 0.00000361. The Kier molecular flexibility index (Phi) is 9.44. The number of nitrogens with zero attached hydrogens (tertiary/aromatic N) is 3. The SMILES string of the molecule is Cc1cc(S(=O)(=O)N2CCCCC2CCC(=O)N2CCC(O)(c3cccnc3)CC2)c(C)cc1Cl.Cl. The van der Waals surface area contributed by atoms with Crippen LogP contribution in [0.3, 0.4) is 0 Å². The van der Waals surface area contributed by atoms with Crippen molar-refractivity contribution in [3.05, 3.63) is 58.4 Å². The summed E-state index contributed by atoms with van der Waals surface area (Å²) < 4.78 is 28.8. The molecular formula is C26H35Cl2N3O4S. The lowest BCUT2D eigenvalue weighted by atomic mass is 9.85. The van der Waals surface area contributed by atoms with Gasteiger partial charge in [0.1, 0.15) is 0 Å². The second kappa shape index (κ2) is 11.8. The monoisotopic (exact) mass is 555 g/mol. The summed E-state index contributed by atoms with van der Waals surface area (Å²) in [5.74, 6) is 0.0136. The predicted molar refractivity (Wildman–Crippen MR) is 143 cm³/mol. The van der Waals surface area contributed by atoms with Crippen molar-refractivity contribution in [3.8, 4) is 0 Å². The minimum absolute atomic E-state index is 0. The van der Waals surface area contributed by atoms with Gasteiger partial charge in [0.25, 0.3) is 0 Å². The molecule has 2 saturated heterocycles. The first-order valence-corrected chi connectivity index (χ1v) is 14.1. The van der Waals surface area contributed by atoms with E-state index in [-0.39, 0.29) is 24.4 Å². The number of sulfonamides is 1. The van der Waals surface area contributed by atoms with Crippen LogP contribution < -0.4 is 0 Å². The number of benzene rings is 1. The zero-order valence-corrected chi connectivity index (χ0v) is 23.2. The highest BCUT2D eigenvalue weighted by atomic mass is 35.5. The molecule has 1 amide bonds. The summed E-state index contributed by atoms with van der Waals surface area (Å²) in [6.45, 7) is 4.98. The highest BCUT2D eigenvalue weighted by molar-refractivity contribution is 7.89. The fourth-order valence-corrected chi connectivity index (χ4v) is 7.47. The lowest BCUT2D eigenvalue weighted by Gasteiger charge is -2.39. The predicted octanol–water partition coefficient (Wildman–Crippen LogP) is 4.61. The van der Waals surface area contributed by atoms with Gasteiger partial charge in [0.15, 0.2) is 0 Å². The summed E-state index contributed by atoms with van der Waals surface area (Å²) in [5, 5.41) is 11.6. The number of carbonyl (C=O) groups is 1. The van der Waals surface area contributed by atoms with Crippen molar-refractivity contribution in [2.45, 2.75) is 75.3 Å². The molecule has 1 unspecified atom stereocenters. The van der Waals surface area contributed by atoms with Crippen molar-refractivity contribution in [3.63, 3.8) is 0 Å². The number of hydrogen-bond acceptors (Lipinski definition) is 5. The van der Waals surface area contributed by atoms with Gasteiger partial charge < -0.3 is 10.0 Å². The van der Waals surface area contributed by atoms with Gasteiger partial charge in [0.2, 0.25) is 15.9 Å². The smallest absolute Gasteiger partial charge is 0.243 e. The molecule has 2 fully saturated rings. The van der Waals surface area contributed by atoms with Gasteiger partial charge in [-0.05, 0) is 75.3 Å². The van der Waals surface area contributed by atoms with E-state index in [1.54, 1.807) is 47.6 Å². The molecule has 0 bridgehead atoms. The Morgan fingerprint density at radius 1 is 1.17 bits per heavy atom. The molecule has 1 atom stereocenters. The van der Waals surface area contributed by atoms with E-state index in [9.17, 15) is 18.3 Å². The van der Waals surface area contributed by atoms with Gasteiger partial charge in [-0.2, -0.15) is 4.31 Å². The second-order valence-corrected chi connectivity index (χ2v) is 12.1. The van der Waals surface area contributed by atoms with E-state index in [0.717, 1.165) is 30.4 Å². The first-order chi connectivity index (χ1) is 16.6. The van der Waals surface area contributed by atoms with Gasteiger partial charge in [0.05, 0.1) is 10.5 Å². The zero-order chi connectivity index (χ0) is 25.2. The van der Waals surface area contributed by atoms with Crippen molar-refractivity contribution < 1.29 is 18.3 Å². The normalized spacial score (nSPS) is 20.6. The molecule has 1 aromatic heterocycles. The first-order valence-electron chi connectivity index (χ1n) is 12.3. The Hall–Kier alpha value is -1.71. The van der Waals surface area contributed by atoms with Crippen LogP contribution in [0.5, 0.6) is 0 Å². The fraction of sp³-hybridized carbons (Fsp3) is 0.538. The molecule has 0 aliphatic carbocycles. The van der Waals surface area contributed by atoms with Crippen LogP contribution in [0.1, 0.15) is 61.6 Å². The molecule has 1 N–H and O–H groups in total. The van der Waals surface area contributed by atoms with Gasteiger partial charge in [0, 0.05) is 55.1 Å². The Morgan fingerprint density at radius 3 is 2.56 bits per heavy atom. The minimum atomic E-state index is -3.69. The first kappa shape index (κ1) is 28.9. The largest absolute Gasteiger partial charge is 0.385 e. The highest BCUT2D eigenvalue weighted by Crippen LogP contribution is 2.34. The average Bonchev–Trinajstić information content (AvgIpc) is 2.86. The highest BCUT2D eigenvalue weighted by Gasteiger charge is 2.37. The maximum absolute atomic E-state index is 13.6. The third kappa shape index (κ3) is 6.05. The average molecular weight is 557 g/mol. The third-order valence-electron chi connectivity index (χ3n) is 7.45. The maximum Gasteiger partial charge on any atom is 0.243 e. The van der Waals surface area contributed by atoms with E-state index < -0.39 is 15.6 Å². The zero-order valence-electron chi connectivity index (χ0n) is 20.8. The molecule has 3 heterocycles. The minimum Gasteiger partial charge on any atom is -0.385 e. The molecule has 2 aliphatic rings. The molecule has 0 spiro atoms. The van der Waals surface area contributed by atoms with Crippen molar-refractivity contribution >= 4 is 39.9 Å². The van der Waals surface area contributed by atoms with E-state index in [1.807, 2.05) is 12.1 Å². The van der Waals surface area contributed by atoms with Gasteiger partial charge >= 0.3 is 0 Å². The Bertz CT molecular complexity index is 1170. The number of pyridine rings is 1. The van der Waals surface area contributed by atoms with Crippen LogP contribution in [0, 0.1) is 13.8 Å². The molecule has 0 saturated carbocycles. The van der Waals surface area contributed by atoms with Crippen LogP contribution in [-0.4, -0.2) is 59.3 Å². The molecule has 2 aliphatic heterocycles. The number of piperidine rings is 2. The van der Waals surface area contributed by atoms with E-state index in [0.29, 0.717) is 60.8 Å². The molecule has 198 valence electrons. The van der Waals surface area contributed by atoms with Gasteiger partial charge in [-0.3, -0.25) is 9.78 Å². The Morgan fingerprint density at radius 2 is 1.89 bits per heavy atom. The van der Waals surface area contributed by atoms with Crippen molar-refractivity contribution in [1.29, 1.82) is 0 Å². The molecule has 2 aromatic rings. The van der Waals surface area contributed by atoms with Gasteiger partial charge in [-0.25, -0.2) is 8.42 Å². The van der Waals surface area contributed by atoms with Crippen LogP contribution in [0.15, 0.2) is 41.6 Å². The second-order valence-electron chi connectivity index (χ2n) is 9.82. The van der Waals surface area contributed by atoms with Crippen LogP contribution in [-0.2, 0) is 20.4 Å². The maximum atomic E-state index is 13.6. The lowest BCUT2D eigenvalue weighted by Crippen LogP contribution is -2.46. The lowest BCUT2D eigenvalue weighted by molar-refractivity contribution is -0.136. The number of hydrogen-bond donors (Lipinski definition) is 1. The summed E-state index contributed by atoms with van der Waals surface area (Å²) in [6.07, 6.45) is 7.58. The molecule has 10 heteroatoms. The summed E-state index contributed by atoms with van der Waals surface area (Å²) in [7, 11) is -3.69. The number of likely N-dealkylation sites (tertiary alicyclic amines) is 1. The molecule has 36 heavy (non-hydrogen) atoms. The third-order valence-corrected chi connectivity index (χ3v) is 9.95. The number of aryl methyl sites for hydroxylation is 2. The van der Waals surface area contributed by atoms with E-state index in [1.165, 1.54) is 0 Å². The van der Waals surface area contributed by atoms with Crippen LogP contribution in [0.25, 0.3) is 0 Å². The summed E-state index contributed by atoms with van der Waals surface area (Å²) >= 11 is 6.19. The molecular weight excluding hydrogens is 521 g/mol. The molecule has 0 radical (unpaired) electrons. The number of amides is 1. The van der Waals surface area contributed by atoms with Gasteiger partial charge in [-0.1, -0.05) is 24.1 Å².